The van der Waals surface area contributed by atoms with E-state index >= 15 is 0 Å². The van der Waals surface area contributed by atoms with E-state index in [0.717, 1.165) is 19.7 Å². The molecule has 15 heavy (non-hydrogen) atoms. The van der Waals surface area contributed by atoms with Crippen molar-refractivity contribution in [1.29, 1.82) is 0 Å². The van der Waals surface area contributed by atoms with Gasteiger partial charge in [0.2, 0.25) is 0 Å². The summed E-state index contributed by atoms with van der Waals surface area (Å²) in [5.41, 5.74) is 0.341. The average molecular weight is 212 g/mol. The number of rotatable bonds is 4. The fraction of sp³-hybridized carbons (Fsp3) is 1.00. The maximum absolute atomic E-state index is 5.66. The first-order valence-corrected chi connectivity index (χ1v) is 6.23. The van der Waals surface area contributed by atoms with Crippen molar-refractivity contribution in [3.63, 3.8) is 0 Å². The van der Waals surface area contributed by atoms with E-state index in [9.17, 15) is 0 Å². The van der Waals surface area contributed by atoms with E-state index in [0.29, 0.717) is 11.6 Å². The average Bonchev–Trinajstić information content (AvgIpc) is 2.76. The third-order valence-corrected chi connectivity index (χ3v) is 3.62. The Morgan fingerprint density at radius 3 is 2.93 bits per heavy atom. The molecular weight excluding hydrogens is 188 g/mol. The van der Waals surface area contributed by atoms with Gasteiger partial charge < -0.3 is 15.0 Å². The van der Waals surface area contributed by atoms with Crippen LogP contribution in [0.2, 0.25) is 0 Å². The summed E-state index contributed by atoms with van der Waals surface area (Å²) in [6, 6.07) is 0. The third kappa shape index (κ3) is 3.16. The number of hydrogen-bond acceptors (Lipinski definition) is 3. The van der Waals surface area contributed by atoms with Gasteiger partial charge in [-0.3, -0.25) is 0 Å². The number of hydrogen-bond donors (Lipinski definition) is 1. The summed E-state index contributed by atoms with van der Waals surface area (Å²) < 4.78 is 5.66. The Kier molecular flexibility index (Phi) is 3.65. The molecule has 0 aromatic carbocycles. The van der Waals surface area contributed by atoms with Gasteiger partial charge in [-0.2, -0.15) is 0 Å². The van der Waals surface area contributed by atoms with Crippen molar-refractivity contribution < 1.29 is 4.74 Å². The van der Waals surface area contributed by atoms with Gasteiger partial charge in [-0.15, -0.1) is 0 Å². The molecule has 0 amide bonds. The van der Waals surface area contributed by atoms with E-state index < -0.39 is 0 Å². The second-order valence-corrected chi connectivity index (χ2v) is 5.42. The summed E-state index contributed by atoms with van der Waals surface area (Å²) in [5, 5.41) is 3.61. The molecule has 2 fully saturated rings. The minimum absolute atomic E-state index is 0.341. The standard InChI is InChI=1S/C12H24N2O/c1-12(6-4-7-13-12)10-14(2)9-11-5-3-8-15-11/h11,13H,3-10H2,1-2H3. The van der Waals surface area contributed by atoms with Gasteiger partial charge in [-0.1, -0.05) is 0 Å². The molecule has 2 aliphatic heterocycles. The molecule has 3 nitrogen and oxygen atoms in total. The highest BCUT2D eigenvalue weighted by Crippen LogP contribution is 2.20. The SMILES string of the molecule is CN(CC1CCCO1)CC1(C)CCCN1. The van der Waals surface area contributed by atoms with Gasteiger partial charge in [-0.05, 0) is 46.2 Å². The molecule has 2 heterocycles. The van der Waals surface area contributed by atoms with Crippen molar-refractivity contribution in [2.75, 3.05) is 33.3 Å². The summed E-state index contributed by atoms with van der Waals surface area (Å²) in [7, 11) is 2.22. The molecule has 2 aliphatic rings. The van der Waals surface area contributed by atoms with Gasteiger partial charge in [0.05, 0.1) is 6.10 Å². The summed E-state index contributed by atoms with van der Waals surface area (Å²) in [6.07, 6.45) is 5.61. The van der Waals surface area contributed by atoms with Crippen LogP contribution in [0.25, 0.3) is 0 Å². The zero-order valence-corrected chi connectivity index (χ0v) is 10.1. The fourth-order valence-electron chi connectivity index (χ4n) is 2.89. The van der Waals surface area contributed by atoms with E-state index in [1.54, 1.807) is 0 Å². The minimum atomic E-state index is 0.341. The predicted molar refractivity (Wildman–Crippen MR) is 62.1 cm³/mol. The molecule has 0 aromatic heterocycles. The summed E-state index contributed by atoms with van der Waals surface area (Å²) >= 11 is 0. The van der Waals surface area contributed by atoms with Crippen LogP contribution in [0, 0.1) is 0 Å². The van der Waals surface area contributed by atoms with Gasteiger partial charge in [0, 0.05) is 25.2 Å². The van der Waals surface area contributed by atoms with Crippen molar-refractivity contribution in [3.05, 3.63) is 0 Å². The molecule has 2 rings (SSSR count). The van der Waals surface area contributed by atoms with Crippen LogP contribution in [-0.4, -0.2) is 49.8 Å². The molecule has 0 radical (unpaired) electrons. The van der Waals surface area contributed by atoms with Crippen LogP contribution in [0.15, 0.2) is 0 Å². The maximum atomic E-state index is 5.66. The van der Waals surface area contributed by atoms with E-state index in [2.05, 4.69) is 24.2 Å². The van der Waals surface area contributed by atoms with Crippen LogP contribution >= 0.6 is 0 Å². The van der Waals surface area contributed by atoms with Crippen molar-refractivity contribution >= 4 is 0 Å². The zero-order valence-electron chi connectivity index (χ0n) is 10.1. The van der Waals surface area contributed by atoms with Crippen molar-refractivity contribution in [1.82, 2.24) is 10.2 Å². The number of nitrogens with one attached hydrogen (secondary N) is 1. The molecule has 0 saturated carbocycles. The topological polar surface area (TPSA) is 24.5 Å². The third-order valence-electron chi connectivity index (χ3n) is 3.62. The van der Waals surface area contributed by atoms with Gasteiger partial charge in [-0.25, -0.2) is 0 Å². The first-order chi connectivity index (χ1) is 7.18. The van der Waals surface area contributed by atoms with E-state index in [-0.39, 0.29) is 0 Å². The van der Waals surface area contributed by atoms with Crippen LogP contribution in [-0.2, 0) is 4.74 Å². The Hall–Kier alpha value is -0.120. The van der Waals surface area contributed by atoms with Crippen LogP contribution in [0.4, 0.5) is 0 Å². The normalized spacial score (nSPS) is 36.6. The first kappa shape index (κ1) is 11.4. The summed E-state index contributed by atoms with van der Waals surface area (Å²) in [6.45, 7) is 6.73. The second kappa shape index (κ2) is 4.81. The lowest BCUT2D eigenvalue weighted by atomic mass is 10.00. The molecular formula is C12H24N2O. The lowest BCUT2D eigenvalue weighted by molar-refractivity contribution is 0.0740. The predicted octanol–water partition coefficient (Wildman–Crippen LogP) is 1.24. The maximum Gasteiger partial charge on any atom is 0.0702 e. The Morgan fingerprint density at radius 2 is 2.33 bits per heavy atom. The van der Waals surface area contributed by atoms with Gasteiger partial charge in [0.15, 0.2) is 0 Å². The molecule has 0 aromatic rings. The fourth-order valence-corrected chi connectivity index (χ4v) is 2.89. The number of nitrogens with zero attached hydrogens (tertiary/aromatic N) is 1. The largest absolute Gasteiger partial charge is 0.377 e. The molecule has 2 saturated heterocycles. The monoisotopic (exact) mass is 212 g/mol. The van der Waals surface area contributed by atoms with Crippen LogP contribution in [0.1, 0.15) is 32.6 Å². The molecule has 88 valence electrons. The minimum Gasteiger partial charge on any atom is -0.377 e. The highest BCUT2D eigenvalue weighted by Gasteiger charge is 2.30. The molecule has 2 atom stereocenters. The highest BCUT2D eigenvalue weighted by atomic mass is 16.5. The first-order valence-electron chi connectivity index (χ1n) is 6.23. The second-order valence-electron chi connectivity index (χ2n) is 5.42. The molecule has 0 aliphatic carbocycles. The van der Waals surface area contributed by atoms with Gasteiger partial charge in [0.25, 0.3) is 0 Å². The number of likely N-dealkylation sites (N-methyl/N-ethyl adjacent to an activating group) is 1. The highest BCUT2D eigenvalue weighted by molar-refractivity contribution is 4.91. The Bertz CT molecular complexity index is 196. The molecule has 0 bridgehead atoms. The Balaban J connectivity index is 1.73. The quantitative estimate of drug-likeness (QED) is 0.759. The number of ether oxygens (including phenoxy) is 1. The molecule has 3 heteroatoms. The molecule has 1 N–H and O–H groups in total. The summed E-state index contributed by atoms with van der Waals surface area (Å²) in [5.74, 6) is 0. The van der Waals surface area contributed by atoms with Crippen LogP contribution in [0.5, 0.6) is 0 Å². The van der Waals surface area contributed by atoms with E-state index in [1.165, 1.54) is 32.2 Å². The van der Waals surface area contributed by atoms with Crippen molar-refractivity contribution in [3.8, 4) is 0 Å². The van der Waals surface area contributed by atoms with Crippen LogP contribution in [0.3, 0.4) is 0 Å². The van der Waals surface area contributed by atoms with Gasteiger partial charge in [0.1, 0.15) is 0 Å². The molecule has 0 spiro atoms. The van der Waals surface area contributed by atoms with Gasteiger partial charge >= 0.3 is 0 Å². The summed E-state index contributed by atoms with van der Waals surface area (Å²) in [4.78, 5) is 2.42. The van der Waals surface area contributed by atoms with Crippen molar-refractivity contribution in [2.24, 2.45) is 0 Å². The van der Waals surface area contributed by atoms with Crippen molar-refractivity contribution in [2.45, 2.75) is 44.2 Å². The molecule has 2 unspecified atom stereocenters. The lowest BCUT2D eigenvalue weighted by Gasteiger charge is -2.31. The Morgan fingerprint density at radius 1 is 1.47 bits per heavy atom. The Labute approximate surface area is 93.2 Å². The van der Waals surface area contributed by atoms with E-state index in [4.69, 9.17) is 4.74 Å². The zero-order chi connectivity index (χ0) is 10.7. The van der Waals surface area contributed by atoms with E-state index in [1.807, 2.05) is 0 Å². The van der Waals surface area contributed by atoms with Crippen LogP contribution < -0.4 is 5.32 Å². The lowest BCUT2D eigenvalue weighted by Crippen LogP contribution is -2.47. The smallest absolute Gasteiger partial charge is 0.0702 e.